The van der Waals surface area contributed by atoms with Crippen LogP contribution in [0.2, 0.25) is 0 Å². The smallest absolute Gasteiger partial charge is 0.255 e. The van der Waals surface area contributed by atoms with Gasteiger partial charge in [0.1, 0.15) is 5.60 Å². The molecule has 1 rings (SSSR count). The Morgan fingerprint density at radius 1 is 1.29 bits per heavy atom. The predicted octanol–water partition coefficient (Wildman–Crippen LogP) is -0.298. The normalized spacial score (nSPS) is 30.0. The minimum Gasteiger partial charge on any atom is -0.380 e. The highest BCUT2D eigenvalue weighted by molar-refractivity contribution is 5.85. The van der Waals surface area contributed by atoms with E-state index in [1.165, 1.54) is 0 Å². The molecule has 1 heterocycles. The van der Waals surface area contributed by atoms with Crippen molar-refractivity contribution < 1.29 is 20.1 Å². The van der Waals surface area contributed by atoms with Gasteiger partial charge in [-0.05, 0) is 12.8 Å². The van der Waals surface area contributed by atoms with Crippen LogP contribution < -0.4 is 5.32 Å². The third-order valence-electron chi connectivity index (χ3n) is 2.21. The zero-order chi connectivity index (χ0) is 11.4. The van der Waals surface area contributed by atoms with Crippen LogP contribution in [0.15, 0.2) is 0 Å². The Labute approximate surface area is 83.8 Å². The Bertz CT molecular complexity index is 205. The molecule has 5 heteroatoms. The maximum absolute atomic E-state index is 11.1. The van der Waals surface area contributed by atoms with Gasteiger partial charge in [-0.15, -0.1) is 0 Å². The fourth-order valence-electron chi connectivity index (χ4n) is 1.19. The summed E-state index contributed by atoms with van der Waals surface area (Å²) >= 11 is 0. The van der Waals surface area contributed by atoms with Gasteiger partial charge in [-0.1, -0.05) is 20.8 Å². The van der Waals surface area contributed by atoms with E-state index in [4.69, 9.17) is 10.2 Å². The molecule has 1 atom stereocenters. The molecule has 0 aromatic rings. The molecule has 1 unspecified atom stereocenters. The fourth-order valence-corrected chi connectivity index (χ4v) is 1.19. The first-order valence-electron chi connectivity index (χ1n) is 4.89. The Hall–Kier alpha value is -0.650. The minimum absolute atomic E-state index is 0.0525. The van der Waals surface area contributed by atoms with Crippen LogP contribution in [0.5, 0.6) is 0 Å². The Morgan fingerprint density at radius 3 is 2.14 bits per heavy atom. The maximum Gasteiger partial charge on any atom is 0.255 e. The molecule has 0 bridgehead atoms. The second-order valence-electron chi connectivity index (χ2n) is 3.16. The number of piperidine rings is 1. The van der Waals surface area contributed by atoms with Gasteiger partial charge in [0.15, 0.2) is 0 Å². The standard InChI is InChI=1S/C7H13NO4.C2H6/c1-2-6(10)3-4-7(11,12)8-5(6)9;1-2/h10-12H,2-4H2,1H3,(H,8,9);1-2H3. The number of hydrogen-bond donors (Lipinski definition) is 4. The van der Waals surface area contributed by atoms with Gasteiger partial charge < -0.3 is 20.6 Å². The summed E-state index contributed by atoms with van der Waals surface area (Å²) in [4.78, 5) is 11.1. The van der Waals surface area contributed by atoms with Gasteiger partial charge in [0.05, 0.1) is 0 Å². The third kappa shape index (κ3) is 2.94. The van der Waals surface area contributed by atoms with Crippen molar-refractivity contribution in [3.63, 3.8) is 0 Å². The Balaban J connectivity index is 0.000000791. The highest BCUT2D eigenvalue weighted by Gasteiger charge is 2.44. The largest absolute Gasteiger partial charge is 0.380 e. The molecule has 0 aromatic heterocycles. The monoisotopic (exact) mass is 205 g/mol. The van der Waals surface area contributed by atoms with E-state index in [0.29, 0.717) is 0 Å². The van der Waals surface area contributed by atoms with Crippen molar-refractivity contribution in [2.24, 2.45) is 0 Å². The molecule has 0 radical (unpaired) electrons. The lowest BCUT2D eigenvalue weighted by Crippen LogP contribution is -2.61. The van der Waals surface area contributed by atoms with Crippen LogP contribution in [-0.4, -0.2) is 32.7 Å². The third-order valence-corrected chi connectivity index (χ3v) is 2.21. The second kappa shape index (κ2) is 4.72. The first-order valence-corrected chi connectivity index (χ1v) is 4.89. The molecule has 0 aliphatic carbocycles. The number of hydrogen-bond acceptors (Lipinski definition) is 4. The van der Waals surface area contributed by atoms with Crippen LogP contribution in [0.3, 0.4) is 0 Å². The molecule has 0 aromatic carbocycles. The van der Waals surface area contributed by atoms with Gasteiger partial charge in [0.2, 0.25) is 5.91 Å². The van der Waals surface area contributed by atoms with Gasteiger partial charge in [-0.2, -0.15) is 0 Å². The SMILES string of the molecule is CC.CCC1(O)CCC(O)(O)NC1=O. The van der Waals surface area contributed by atoms with Crippen molar-refractivity contribution in [2.45, 2.75) is 51.5 Å². The topological polar surface area (TPSA) is 89.8 Å². The molecule has 1 aliphatic heterocycles. The van der Waals surface area contributed by atoms with Crippen LogP contribution in [0.4, 0.5) is 0 Å². The molecule has 1 saturated heterocycles. The number of carbonyl (C=O) groups excluding carboxylic acids is 1. The molecule has 14 heavy (non-hydrogen) atoms. The fraction of sp³-hybridized carbons (Fsp3) is 0.889. The molecule has 1 fully saturated rings. The molecule has 0 spiro atoms. The van der Waals surface area contributed by atoms with Gasteiger partial charge in [0.25, 0.3) is 5.91 Å². The van der Waals surface area contributed by atoms with Crippen molar-refractivity contribution in [3.8, 4) is 0 Å². The zero-order valence-electron chi connectivity index (χ0n) is 8.87. The number of carbonyl (C=O) groups is 1. The van der Waals surface area contributed by atoms with E-state index in [1.807, 2.05) is 19.2 Å². The molecule has 84 valence electrons. The van der Waals surface area contributed by atoms with E-state index in [9.17, 15) is 9.90 Å². The van der Waals surface area contributed by atoms with Gasteiger partial charge in [-0.3, -0.25) is 4.79 Å². The quantitative estimate of drug-likeness (QED) is 0.442. The van der Waals surface area contributed by atoms with Crippen molar-refractivity contribution in [1.29, 1.82) is 0 Å². The summed E-state index contributed by atoms with van der Waals surface area (Å²) in [5.74, 6) is -2.88. The van der Waals surface area contributed by atoms with Gasteiger partial charge >= 0.3 is 0 Å². The number of rotatable bonds is 1. The summed E-state index contributed by atoms with van der Waals surface area (Å²) in [6.07, 6.45) is 0.292. The van der Waals surface area contributed by atoms with Gasteiger partial charge in [-0.25, -0.2) is 0 Å². The van der Waals surface area contributed by atoms with E-state index in [1.54, 1.807) is 6.92 Å². The lowest BCUT2D eigenvalue weighted by Gasteiger charge is -2.36. The summed E-state index contributed by atoms with van der Waals surface area (Å²) in [6, 6.07) is 0. The average molecular weight is 205 g/mol. The van der Waals surface area contributed by atoms with E-state index in [2.05, 4.69) is 0 Å². The molecule has 5 nitrogen and oxygen atoms in total. The van der Waals surface area contributed by atoms with Crippen molar-refractivity contribution in [2.75, 3.05) is 0 Å². The summed E-state index contributed by atoms with van der Waals surface area (Å²) in [5, 5.41) is 29.4. The van der Waals surface area contributed by atoms with Crippen LogP contribution in [0.25, 0.3) is 0 Å². The first kappa shape index (κ1) is 13.4. The van der Waals surface area contributed by atoms with E-state index in [-0.39, 0.29) is 19.3 Å². The van der Waals surface area contributed by atoms with Gasteiger partial charge in [0, 0.05) is 6.42 Å². The molecular weight excluding hydrogens is 186 g/mol. The molecule has 1 amide bonds. The van der Waals surface area contributed by atoms with E-state index >= 15 is 0 Å². The zero-order valence-corrected chi connectivity index (χ0v) is 8.87. The van der Waals surface area contributed by atoms with Crippen molar-refractivity contribution >= 4 is 5.91 Å². The number of aliphatic hydroxyl groups is 3. The van der Waals surface area contributed by atoms with Crippen molar-refractivity contribution in [3.05, 3.63) is 0 Å². The van der Waals surface area contributed by atoms with Crippen molar-refractivity contribution in [1.82, 2.24) is 5.32 Å². The predicted molar refractivity (Wildman–Crippen MR) is 51.1 cm³/mol. The highest BCUT2D eigenvalue weighted by atomic mass is 16.5. The average Bonchev–Trinajstić information content (AvgIpc) is 2.15. The van der Waals surface area contributed by atoms with E-state index < -0.39 is 17.4 Å². The summed E-state index contributed by atoms with van der Waals surface area (Å²) in [6.45, 7) is 5.67. The van der Waals surface area contributed by atoms with Crippen LogP contribution in [0, 0.1) is 0 Å². The van der Waals surface area contributed by atoms with Crippen LogP contribution >= 0.6 is 0 Å². The van der Waals surface area contributed by atoms with Crippen LogP contribution in [-0.2, 0) is 4.79 Å². The molecule has 1 aliphatic rings. The Kier molecular flexibility index (Phi) is 4.51. The summed E-state index contributed by atoms with van der Waals surface area (Å²) in [5.41, 5.74) is -1.44. The molecule has 0 saturated carbocycles. The van der Waals surface area contributed by atoms with Crippen LogP contribution in [0.1, 0.15) is 40.0 Å². The maximum atomic E-state index is 11.1. The first-order chi connectivity index (χ1) is 6.40. The molecule has 4 N–H and O–H groups in total. The minimum atomic E-state index is -2.15. The van der Waals surface area contributed by atoms with E-state index in [0.717, 1.165) is 0 Å². The highest BCUT2D eigenvalue weighted by Crippen LogP contribution is 2.25. The lowest BCUT2D eigenvalue weighted by atomic mass is 9.89. The number of amides is 1. The second-order valence-corrected chi connectivity index (χ2v) is 3.16. The summed E-state index contributed by atoms with van der Waals surface area (Å²) < 4.78 is 0. The lowest BCUT2D eigenvalue weighted by molar-refractivity contribution is -0.221. The number of nitrogens with one attached hydrogen (secondary N) is 1. The molecular formula is C9H19NO4. The Morgan fingerprint density at radius 2 is 1.79 bits per heavy atom. The summed E-state index contributed by atoms with van der Waals surface area (Å²) in [7, 11) is 0.